The van der Waals surface area contributed by atoms with Gasteiger partial charge in [-0.2, -0.15) is 9.78 Å². The van der Waals surface area contributed by atoms with Crippen LogP contribution in [0, 0.1) is 11.3 Å². The fraction of sp³-hybridized carbons (Fsp3) is 0.160. The summed E-state index contributed by atoms with van der Waals surface area (Å²) >= 11 is 0. The van der Waals surface area contributed by atoms with E-state index < -0.39 is 0 Å². The molecule has 5 aromatic rings. The molecule has 3 N–H and O–H groups in total. The van der Waals surface area contributed by atoms with Gasteiger partial charge < -0.3 is 20.9 Å². The second-order valence-corrected chi connectivity index (χ2v) is 8.38. The molecule has 0 unspecified atom stereocenters. The van der Waals surface area contributed by atoms with Gasteiger partial charge >= 0.3 is 0 Å². The van der Waals surface area contributed by atoms with Gasteiger partial charge in [0.1, 0.15) is 18.7 Å². The molecule has 0 saturated heterocycles. The highest BCUT2D eigenvalue weighted by Gasteiger charge is 2.13. The molecule has 0 spiro atoms. The van der Waals surface area contributed by atoms with Crippen LogP contribution in [0.5, 0.6) is 0 Å². The van der Waals surface area contributed by atoms with Crippen molar-refractivity contribution in [1.82, 2.24) is 34.3 Å². The molecule has 0 amide bonds. The molecule has 5 rings (SSSR count). The molecule has 180 valence electrons. The van der Waals surface area contributed by atoms with Gasteiger partial charge in [0.25, 0.3) is 0 Å². The Bertz CT molecular complexity index is 1500. The predicted molar refractivity (Wildman–Crippen MR) is 139 cm³/mol. The Morgan fingerprint density at radius 1 is 0.944 bits per heavy atom. The molecule has 3 aromatic heterocycles. The maximum absolute atomic E-state index is 9.55. The van der Waals surface area contributed by atoms with Crippen LogP contribution < -0.4 is 16.0 Å². The van der Waals surface area contributed by atoms with E-state index >= 15 is 0 Å². The van der Waals surface area contributed by atoms with Gasteiger partial charge in [-0.25, -0.2) is 4.98 Å². The number of benzene rings is 2. The van der Waals surface area contributed by atoms with Crippen LogP contribution in [0.3, 0.4) is 0 Å². The van der Waals surface area contributed by atoms with E-state index in [2.05, 4.69) is 47.2 Å². The first-order valence-electron chi connectivity index (χ1n) is 11.4. The Balaban J connectivity index is 1.49. The fourth-order valence-electron chi connectivity index (χ4n) is 3.73. The van der Waals surface area contributed by atoms with Gasteiger partial charge in [-0.05, 0) is 44.4 Å². The van der Waals surface area contributed by atoms with Crippen molar-refractivity contribution in [2.45, 2.75) is 0 Å². The number of nitrogens with zero attached hydrogens (tertiary/aromatic N) is 8. The minimum absolute atomic E-state index is 0.343. The summed E-state index contributed by atoms with van der Waals surface area (Å²) in [5.74, 6) is 0.554. The summed E-state index contributed by atoms with van der Waals surface area (Å²) in [7, 11) is 4.08. The van der Waals surface area contributed by atoms with Crippen LogP contribution in [-0.2, 0) is 0 Å². The number of rotatable bonds is 9. The van der Waals surface area contributed by atoms with Crippen LogP contribution in [0.15, 0.2) is 73.4 Å². The second-order valence-electron chi connectivity index (χ2n) is 8.38. The lowest BCUT2D eigenvalue weighted by Gasteiger charge is -2.17. The summed E-state index contributed by atoms with van der Waals surface area (Å²) in [6, 6.07) is 19.8. The third-order valence-corrected chi connectivity index (χ3v) is 5.48. The number of para-hydroxylation sites is 1. The summed E-state index contributed by atoms with van der Waals surface area (Å²) in [6.45, 7) is 1.69. The van der Waals surface area contributed by atoms with E-state index in [0.29, 0.717) is 17.2 Å². The van der Waals surface area contributed by atoms with Crippen molar-refractivity contribution in [2.75, 3.05) is 43.1 Å². The Morgan fingerprint density at radius 2 is 1.75 bits per heavy atom. The molecule has 0 fully saturated rings. The topological polar surface area (TPSA) is 124 Å². The lowest BCUT2D eigenvalue weighted by atomic mass is 10.2. The number of hydrogen-bond donors (Lipinski definition) is 3. The predicted octanol–water partition coefficient (Wildman–Crippen LogP) is 3.64. The molecule has 0 bridgehead atoms. The maximum atomic E-state index is 9.55. The van der Waals surface area contributed by atoms with Crippen molar-refractivity contribution in [3.8, 4) is 11.8 Å². The fourth-order valence-corrected chi connectivity index (χ4v) is 3.73. The van der Waals surface area contributed by atoms with Crippen LogP contribution >= 0.6 is 0 Å². The van der Waals surface area contributed by atoms with E-state index in [9.17, 15) is 5.26 Å². The number of likely N-dealkylation sites (N-methyl/N-ethyl adjacent to an activating group) is 1. The first kappa shape index (κ1) is 22.8. The van der Waals surface area contributed by atoms with E-state index in [4.69, 9.17) is 0 Å². The first-order chi connectivity index (χ1) is 17.6. The Morgan fingerprint density at radius 3 is 2.50 bits per heavy atom. The average Bonchev–Trinajstić information content (AvgIpc) is 3.56. The number of aromatic nitrogens is 6. The molecule has 11 heteroatoms. The molecule has 36 heavy (non-hydrogen) atoms. The SMILES string of the molecule is CN(C)CCNc1ccc(Nc2cc(Nc3ccccc3)c3ncc(C#N)n3n2)cc1-n1cnnc1. The number of anilines is 5. The molecule has 0 radical (unpaired) electrons. The van der Waals surface area contributed by atoms with Crippen LogP contribution in [-0.4, -0.2) is 61.4 Å². The van der Waals surface area contributed by atoms with Gasteiger partial charge in [-0.3, -0.25) is 4.57 Å². The minimum Gasteiger partial charge on any atom is -0.382 e. The van der Waals surface area contributed by atoms with E-state index in [0.717, 1.165) is 41.5 Å². The van der Waals surface area contributed by atoms with Crippen molar-refractivity contribution >= 4 is 34.2 Å². The number of imidazole rings is 1. The Hall–Kier alpha value is -4.95. The van der Waals surface area contributed by atoms with Crippen LogP contribution in [0.1, 0.15) is 5.69 Å². The molecular formula is C25H25N11. The molecule has 0 atom stereocenters. The van der Waals surface area contributed by atoms with Gasteiger partial charge in [0.05, 0.1) is 23.3 Å². The summed E-state index contributed by atoms with van der Waals surface area (Å²) in [5, 5.41) is 32.3. The Kier molecular flexibility index (Phi) is 6.42. The number of nitrogens with one attached hydrogen (secondary N) is 3. The zero-order chi connectivity index (χ0) is 24.9. The van der Waals surface area contributed by atoms with Crippen molar-refractivity contribution in [1.29, 1.82) is 5.26 Å². The zero-order valence-electron chi connectivity index (χ0n) is 19.9. The molecule has 0 aliphatic rings. The summed E-state index contributed by atoms with van der Waals surface area (Å²) < 4.78 is 3.39. The summed E-state index contributed by atoms with van der Waals surface area (Å²) in [5.41, 5.74) is 5.20. The van der Waals surface area contributed by atoms with Crippen molar-refractivity contribution in [3.05, 3.63) is 79.1 Å². The van der Waals surface area contributed by atoms with Gasteiger partial charge in [-0.1, -0.05) is 18.2 Å². The molecular weight excluding hydrogens is 454 g/mol. The van der Waals surface area contributed by atoms with Crippen LogP contribution in [0.25, 0.3) is 11.3 Å². The average molecular weight is 480 g/mol. The highest BCUT2D eigenvalue weighted by molar-refractivity contribution is 5.78. The molecule has 2 aromatic carbocycles. The smallest absolute Gasteiger partial charge is 0.178 e. The highest BCUT2D eigenvalue weighted by Crippen LogP contribution is 2.29. The first-order valence-corrected chi connectivity index (χ1v) is 11.4. The van der Waals surface area contributed by atoms with E-state index in [-0.39, 0.29) is 0 Å². The monoisotopic (exact) mass is 479 g/mol. The van der Waals surface area contributed by atoms with Crippen LogP contribution in [0.4, 0.5) is 28.6 Å². The number of hydrogen-bond acceptors (Lipinski definition) is 9. The van der Waals surface area contributed by atoms with Crippen molar-refractivity contribution in [3.63, 3.8) is 0 Å². The second kappa shape index (κ2) is 10.1. The molecule has 0 saturated carbocycles. The molecule has 0 aliphatic carbocycles. The lowest BCUT2D eigenvalue weighted by Crippen LogP contribution is -2.21. The van der Waals surface area contributed by atoms with E-state index in [1.54, 1.807) is 12.7 Å². The summed E-state index contributed by atoms with van der Waals surface area (Å²) in [6.07, 6.45) is 4.83. The highest BCUT2D eigenvalue weighted by atomic mass is 15.3. The number of nitriles is 1. The summed E-state index contributed by atoms with van der Waals surface area (Å²) in [4.78, 5) is 6.51. The van der Waals surface area contributed by atoms with E-state index in [1.807, 2.05) is 73.3 Å². The van der Waals surface area contributed by atoms with Gasteiger partial charge in [0.2, 0.25) is 0 Å². The van der Waals surface area contributed by atoms with Crippen molar-refractivity contribution in [2.24, 2.45) is 0 Å². The Labute approximate surface area is 208 Å². The van der Waals surface area contributed by atoms with Crippen molar-refractivity contribution < 1.29 is 0 Å². The minimum atomic E-state index is 0.343. The largest absolute Gasteiger partial charge is 0.382 e. The standard InChI is InChI=1S/C25H25N11/c1-34(2)11-10-27-21-9-8-19(12-23(21)35-16-29-30-17-35)32-24-13-22(31-18-6-4-3-5-7-18)25-28-15-20(14-26)36(25)33-24/h3-9,12-13,15-17,27,31H,10-11H2,1-2H3,(H,32,33). The molecule has 3 heterocycles. The van der Waals surface area contributed by atoms with Gasteiger partial charge in [0.15, 0.2) is 17.2 Å². The van der Waals surface area contributed by atoms with Gasteiger partial charge in [0, 0.05) is 30.5 Å². The third-order valence-electron chi connectivity index (χ3n) is 5.48. The normalized spacial score (nSPS) is 10.9. The quantitative estimate of drug-likeness (QED) is 0.291. The third kappa shape index (κ3) is 4.94. The van der Waals surface area contributed by atoms with Gasteiger partial charge in [-0.15, -0.1) is 15.3 Å². The molecule has 11 nitrogen and oxygen atoms in total. The van der Waals surface area contributed by atoms with Crippen LogP contribution in [0.2, 0.25) is 0 Å². The number of fused-ring (bicyclic) bond motifs is 1. The zero-order valence-corrected chi connectivity index (χ0v) is 19.9. The van der Waals surface area contributed by atoms with E-state index in [1.165, 1.54) is 10.7 Å². The maximum Gasteiger partial charge on any atom is 0.178 e. The molecule has 0 aliphatic heterocycles. The lowest BCUT2D eigenvalue weighted by molar-refractivity contribution is 0.425.